The van der Waals surface area contributed by atoms with Crippen molar-refractivity contribution in [2.75, 3.05) is 26.3 Å². The average Bonchev–Trinajstić information content (AvgIpc) is 3.28. The SMILES string of the molecule is C.[B].[C-]#[N+]CC[C@@H](CO)CC(=C)CC.[C-]#[N+]CC[C@H](CC(=C)CC)C(=O)N1C(=O)OC[C@H]1Cc1ccccc1.[H-].[Na+]. The van der Waals surface area contributed by atoms with Crippen LogP contribution in [-0.4, -0.2) is 62.8 Å². The predicted molar refractivity (Wildman–Crippen MR) is 160 cm³/mol. The summed E-state index contributed by atoms with van der Waals surface area (Å²) >= 11 is 0. The summed E-state index contributed by atoms with van der Waals surface area (Å²) in [6.45, 7) is 26.7. The van der Waals surface area contributed by atoms with Gasteiger partial charge >= 0.3 is 35.7 Å². The minimum Gasteiger partial charge on any atom is -1.00 e. The largest absolute Gasteiger partial charge is 1.00 e. The summed E-state index contributed by atoms with van der Waals surface area (Å²) in [5.41, 5.74) is 3.17. The predicted octanol–water partition coefficient (Wildman–Crippen LogP) is 3.49. The average molecular weight is 559 g/mol. The number of amides is 2. The molecule has 0 spiro atoms. The van der Waals surface area contributed by atoms with Crippen molar-refractivity contribution in [2.45, 2.75) is 72.3 Å². The first-order valence-corrected chi connectivity index (χ1v) is 12.9. The van der Waals surface area contributed by atoms with Gasteiger partial charge in [0.05, 0.1) is 6.04 Å². The standard InChI is InChI=1S/C20H24N2O3.C10H17NO.CH4.B.Na.H/c1-4-15(2)12-17(10-11-21-3)19(23)22-18(14-25-20(22)24)13-16-8-6-5-7-9-16;1-4-9(2)7-10(8-12)5-6-11-3;;;;/h5-9,17-18H,2,4,10-14H2,1H3;10,12H,2,4-8H2,1H3;1H4;;;/q;;;;+1;-1/t17-,18-;10-;;;;/m11..../s1. The molecule has 1 aliphatic heterocycles. The van der Waals surface area contributed by atoms with E-state index in [4.69, 9.17) is 23.0 Å². The van der Waals surface area contributed by atoms with E-state index < -0.39 is 12.0 Å². The van der Waals surface area contributed by atoms with Gasteiger partial charge in [-0.05, 0) is 43.6 Å². The Morgan fingerprint density at radius 1 is 1.10 bits per heavy atom. The molecule has 1 saturated heterocycles. The van der Waals surface area contributed by atoms with Gasteiger partial charge in [0.25, 0.3) is 0 Å². The summed E-state index contributed by atoms with van der Waals surface area (Å²) in [5.74, 6) is -0.404. The molecule has 0 bridgehead atoms. The molecule has 2 amide bonds. The van der Waals surface area contributed by atoms with Crippen LogP contribution < -0.4 is 29.6 Å². The van der Waals surface area contributed by atoms with Gasteiger partial charge in [0, 0.05) is 33.8 Å². The molecule has 1 aliphatic rings. The van der Waals surface area contributed by atoms with Gasteiger partial charge in [0.1, 0.15) is 6.61 Å². The second-order valence-electron chi connectivity index (χ2n) is 9.33. The van der Waals surface area contributed by atoms with Crippen LogP contribution in [0.15, 0.2) is 54.6 Å². The molecule has 1 aromatic carbocycles. The second-order valence-corrected chi connectivity index (χ2v) is 9.33. The molecular weight excluding hydrogens is 512 g/mol. The van der Waals surface area contributed by atoms with E-state index in [1.807, 2.05) is 37.3 Å². The Morgan fingerprint density at radius 2 is 1.65 bits per heavy atom. The van der Waals surface area contributed by atoms with Crippen LogP contribution in [0.1, 0.15) is 66.8 Å². The first kappa shape index (κ1) is 42.1. The van der Waals surface area contributed by atoms with Gasteiger partial charge in [-0.3, -0.25) is 4.79 Å². The zero-order valence-electron chi connectivity index (χ0n) is 24.9. The van der Waals surface area contributed by atoms with Gasteiger partial charge in [0.2, 0.25) is 19.0 Å². The van der Waals surface area contributed by atoms with E-state index in [0.717, 1.165) is 36.8 Å². The van der Waals surface area contributed by atoms with Crippen molar-refractivity contribution in [1.82, 2.24) is 4.90 Å². The van der Waals surface area contributed by atoms with E-state index in [2.05, 4.69) is 29.8 Å². The maximum atomic E-state index is 13.0. The van der Waals surface area contributed by atoms with Crippen LogP contribution in [0.4, 0.5) is 4.79 Å². The van der Waals surface area contributed by atoms with Crippen molar-refractivity contribution in [3.8, 4) is 0 Å². The number of hydrogen-bond acceptors (Lipinski definition) is 4. The third kappa shape index (κ3) is 15.4. The fourth-order valence-electron chi connectivity index (χ4n) is 4.05. The van der Waals surface area contributed by atoms with E-state index in [-0.39, 0.29) is 84.4 Å². The third-order valence-corrected chi connectivity index (χ3v) is 6.47. The molecule has 3 radical (unpaired) electrons. The minimum atomic E-state index is -0.583. The number of cyclic esters (lactones) is 1. The molecule has 0 saturated carbocycles. The van der Waals surface area contributed by atoms with Crippen LogP contribution in [0.3, 0.4) is 0 Å². The van der Waals surface area contributed by atoms with Crippen LogP contribution in [0.2, 0.25) is 0 Å². The Morgan fingerprint density at radius 3 is 2.17 bits per heavy atom. The molecule has 0 aromatic heterocycles. The Balaban J connectivity index is -0.000000371. The Labute approximate surface area is 268 Å². The van der Waals surface area contributed by atoms with Crippen molar-refractivity contribution in [2.24, 2.45) is 11.8 Å². The van der Waals surface area contributed by atoms with Gasteiger partial charge in [-0.15, -0.1) is 0 Å². The van der Waals surface area contributed by atoms with Gasteiger partial charge in [-0.1, -0.05) is 75.9 Å². The number of allylic oxidation sites excluding steroid dienone is 2. The second kappa shape index (κ2) is 24.4. The van der Waals surface area contributed by atoms with Gasteiger partial charge < -0.3 is 21.0 Å². The number of benzene rings is 1. The fraction of sp³-hybridized carbons (Fsp3) is 0.548. The molecule has 1 aromatic rings. The molecule has 213 valence electrons. The van der Waals surface area contributed by atoms with Crippen molar-refractivity contribution >= 4 is 20.4 Å². The van der Waals surface area contributed by atoms with Gasteiger partial charge in [-0.25, -0.2) is 22.8 Å². The number of nitrogens with zero attached hydrogens (tertiary/aromatic N) is 3. The molecule has 0 aliphatic carbocycles. The number of aliphatic hydroxyl groups is 1. The molecule has 1 N–H and O–H groups in total. The summed E-state index contributed by atoms with van der Waals surface area (Å²) in [6, 6.07) is 9.44. The Bertz CT molecular complexity index is 982. The van der Waals surface area contributed by atoms with E-state index >= 15 is 0 Å². The number of ether oxygens (including phenoxy) is 1. The van der Waals surface area contributed by atoms with Gasteiger partial charge in [-0.2, -0.15) is 0 Å². The van der Waals surface area contributed by atoms with Crippen LogP contribution >= 0.6 is 0 Å². The third-order valence-electron chi connectivity index (χ3n) is 6.47. The maximum absolute atomic E-state index is 13.0. The van der Waals surface area contributed by atoms with Crippen LogP contribution in [0.5, 0.6) is 0 Å². The van der Waals surface area contributed by atoms with Crippen molar-refractivity contribution < 1.29 is 50.4 Å². The molecular formula is C31H46BN3NaO4. The fourth-order valence-corrected chi connectivity index (χ4v) is 4.05. The summed E-state index contributed by atoms with van der Waals surface area (Å²) in [4.78, 5) is 33.0. The van der Waals surface area contributed by atoms with Crippen molar-refractivity contribution in [3.05, 3.63) is 83.0 Å². The molecule has 40 heavy (non-hydrogen) atoms. The number of hydrogen-bond donors (Lipinski definition) is 1. The zero-order chi connectivity index (χ0) is 27.6. The zero-order valence-corrected chi connectivity index (χ0v) is 25.9. The summed E-state index contributed by atoms with van der Waals surface area (Å²) in [5, 5.41) is 8.95. The number of aliphatic hydroxyl groups excluding tert-OH is 1. The van der Waals surface area contributed by atoms with Crippen molar-refractivity contribution in [3.63, 3.8) is 0 Å². The number of carbonyl (C=O) groups excluding carboxylic acids is 2. The van der Waals surface area contributed by atoms with Gasteiger partial charge in [0.15, 0.2) is 0 Å². The molecule has 2 rings (SSSR count). The molecule has 9 heteroatoms. The topological polar surface area (TPSA) is 75.6 Å². The van der Waals surface area contributed by atoms with Crippen molar-refractivity contribution in [1.29, 1.82) is 0 Å². The summed E-state index contributed by atoms with van der Waals surface area (Å²) < 4.78 is 5.14. The molecule has 7 nitrogen and oxygen atoms in total. The Kier molecular flexibility index (Phi) is 25.7. The first-order valence-electron chi connectivity index (χ1n) is 12.9. The molecule has 1 fully saturated rings. The maximum Gasteiger partial charge on any atom is 1.00 e. The number of carbonyl (C=O) groups is 2. The number of rotatable bonds is 14. The molecule has 3 atom stereocenters. The molecule has 0 unspecified atom stereocenters. The smallest absolute Gasteiger partial charge is 1.00 e. The van der Waals surface area contributed by atoms with Crippen LogP contribution in [0, 0.1) is 25.0 Å². The van der Waals surface area contributed by atoms with Crippen LogP contribution in [-0.2, 0) is 16.0 Å². The summed E-state index contributed by atoms with van der Waals surface area (Å²) in [6.07, 6.45) is 4.33. The van der Waals surface area contributed by atoms with E-state index in [0.29, 0.717) is 25.8 Å². The van der Waals surface area contributed by atoms with E-state index in [1.54, 1.807) is 0 Å². The van der Waals surface area contributed by atoms with E-state index in [1.165, 1.54) is 10.5 Å². The molecule has 1 heterocycles. The minimum absolute atomic E-state index is 0. The first-order chi connectivity index (χ1) is 17.8. The summed E-state index contributed by atoms with van der Waals surface area (Å²) in [7, 11) is 0. The quantitative estimate of drug-likeness (QED) is 0.216. The number of imide groups is 1. The Hall–Kier alpha value is -2.36. The van der Waals surface area contributed by atoms with Crippen LogP contribution in [0.25, 0.3) is 9.69 Å². The van der Waals surface area contributed by atoms with E-state index in [9.17, 15) is 9.59 Å². The monoisotopic (exact) mass is 558 g/mol. The normalized spacial score (nSPS) is 14.7.